The Hall–Kier alpha value is -3.63. The monoisotopic (exact) mass is 774 g/mol. The van der Waals surface area contributed by atoms with E-state index in [0.717, 1.165) is 12.0 Å². The first-order valence-electron chi connectivity index (χ1n) is 19.0. The third-order valence-electron chi connectivity index (χ3n) is 10.2. The summed E-state index contributed by atoms with van der Waals surface area (Å²) in [7, 11) is -4.19. The lowest BCUT2D eigenvalue weighted by atomic mass is 9.87. The minimum absolute atomic E-state index is 0.00105. The molecular weight excluding hydrogens is 717 g/mol. The topological polar surface area (TPSA) is 165 Å². The number of sulfonamides is 1. The number of nitrogens with zero attached hydrogens (tertiary/aromatic N) is 2. The van der Waals surface area contributed by atoms with Crippen LogP contribution in [0.25, 0.3) is 0 Å². The Bertz CT molecular complexity index is 1650. The van der Waals surface area contributed by atoms with Gasteiger partial charge in [0, 0.05) is 37.8 Å². The predicted octanol–water partition coefficient (Wildman–Crippen LogP) is 4.89. The van der Waals surface area contributed by atoms with Crippen molar-refractivity contribution in [2.75, 3.05) is 39.6 Å². The van der Waals surface area contributed by atoms with Crippen LogP contribution in [0.2, 0.25) is 0 Å². The molecule has 3 aliphatic heterocycles. The molecule has 5 atom stereocenters. The number of alkyl carbamates (subject to hydrolysis) is 1. The molecule has 0 saturated carbocycles. The van der Waals surface area contributed by atoms with Crippen LogP contribution in [0.5, 0.6) is 11.5 Å². The third-order valence-corrected chi connectivity index (χ3v) is 12.0. The zero-order valence-corrected chi connectivity index (χ0v) is 33.2. The largest absolute Gasteiger partial charge is 0.454 e. The molecule has 2 fully saturated rings. The Balaban J connectivity index is 1.30. The smallest absolute Gasteiger partial charge is 0.407 e. The van der Waals surface area contributed by atoms with E-state index in [4.69, 9.17) is 23.7 Å². The molecule has 0 radical (unpaired) electrons. The maximum atomic E-state index is 14.4. The standard InChI is InChI=1S/C39H58N4O10S/c1-26(2)43(27(3)4)37(45)40-18-11-10-17-39(5,6)24-42(54(47,48)29-14-15-33-34(21-29)52-25-51-33)22-32(44)31(20-28-12-8-7-9-13-28)41-38(46)53-35-23-50-36-30(35)16-19-49-36/h7-9,12-15,21,26-27,30-32,35-36,44H,10-11,16-20,22-25H2,1-6H3,(H,40,45)(H,41,46)/t30-,31-,32+,35-,36+/m0/s1. The number of hydrogen-bond acceptors (Lipinski definition) is 10. The lowest BCUT2D eigenvalue weighted by Crippen LogP contribution is -2.52. The second kappa shape index (κ2) is 18.3. The van der Waals surface area contributed by atoms with Crippen LogP contribution in [0.3, 0.4) is 0 Å². The highest BCUT2D eigenvalue weighted by Crippen LogP contribution is 2.36. The van der Waals surface area contributed by atoms with Gasteiger partial charge in [-0.3, -0.25) is 0 Å². The van der Waals surface area contributed by atoms with Crippen LogP contribution in [0.15, 0.2) is 53.4 Å². The van der Waals surface area contributed by atoms with E-state index in [2.05, 4.69) is 10.6 Å². The van der Waals surface area contributed by atoms with Crippen molar-refractivity contribution in [3.63, 3.8) is 0 Å². The van der Waals surface area contributed by atoms with Gasteiger partial charge in [-0.15, -0.1) is 0 Å². The first-order chi connectivity index (χ1) is 25.6. The quantitative estimate of drug-likeness (QED) is 0.178. The Kier molecular flexibility index (Phi) is 14.1. The highest BCUT2D eigenvalue weighted by Gasteiger charge is 2.44. The molecule has 2 aromatic carbocycles. The molecular formula is C39H58N4O10S. The summed E-state index contributed by atoms with van der Waals surface area (Å²) in [5.74, 6) is 0.707. The summed E-state index contributed by atoms with van der Waals surface area (Å²) in [6.07, 6.45) is 0.103. The number of nitrogens with one attached hydrogen (secondary N) is 2. The molecule has 3 aliphatic rings. The van der Waals surface area contributed by atoms with Crippen molar-refractivity contribution >= 4 is 22.1 Å². The van der Waals surface area contributed by atoms with E-state index in [1.807, 2.05) is 71.9 Å². The van der Waals surface area contributed by atoms with Crippen LogP contribution in [-0.2, 0) is 30.7 Å². The molecule has 15 heteroatoms. The molecule has 14 nitrogen and oxygen atoms in total. The summed E-state index contributed by atoms with van der Waals surface area (Å²) in [4.78, 5) is 27.9. The molecule has 0 spiro atoms. The average molecular weight is 775 g/mol. The summed E-state index contributed by atoms with van der Waals surface area (Å²) in [6.45, 7) is 12.9. The number of amides is 3. The number of ether oxygens (including phenoxy) is 5. The van der Waals surface area contributed by atoms with Gasteiger partial charge in [0.05, 0.1) is 36.2 Å². The van der Waals surface area contributed by atoms with E-state index < -0.39 is 46.1 Å². The molecule has 0 aromatic heterocycles. The maximum absolute atomic E-state index is 14.4. The summed E-state index contributed by atoms with van der Waals surface area (Å²) in [5.41, 5.74) is 0.316. The van der Waals surface area contributed by atoms with Crippen molar-refractivity contribution < 1.29 is 46.8 Å². The number of benzene rings is 2. The first-order valence-corrected chi connectivity index (χ1v) is 20.5. The second-order valence-electron chi connectivity index (χ2n) is 15.7. The molecule has 3 heterocycles. The van der Waals surface area contributed by atoms with Crippen molar-refractivity contribution in [3.05, 3.63) is 54.1 Å². The fourth-order valence-electron chi connectivity index (χ4n) is 7.43. The number of aliphatic hydroxyl groups is 1. The number of fused-ring (bicyclic) bond motifs is 2. The fraction of sp³-hybridized carbons (Fsp3) is 0.641. The van der Waals surface area contributed by atoms with Gasteiger partial charge in [-0.05, 0) is 76.5 Å². The van der Waals surface area contributed by atoms with Gasteiger partial charge < -0.3 is 44.3 Å². The van der Waals surface area contributed by atoms with Gasteiger partial charge in [-0.25, -0.2) is 18.0 Å². The number of rotatable bonds is 18. The SMILES string of the molecule is CC(C)N(C(=O)NCCCCC(C)(C)CN(C[C@@H](O)[C@H](Cc1ccccc1)NC(=O)O[C@H]1CO[C@H]2OCC[C@H]21)S(=O)(=O)c1ccc2c(c1)OCO2)C(C)C. The Morgan fingerprint density at radius 3 is 2.44 bits per heavy atom. The molecule has 54 heavy (non-hydrogen) atoms. The summed E-state index contributed by atoms with van der Waals surface area (Å²) >= 11 is 0. The van der Waals surface area contributed by atoms with E-state index in [1.54, 1.807) is 11.0 Å². The van der Waals surface area contributed by atoms with E-state index in [1.165, 1.54) is 16.4 Å². The predicted molar refractivity (Wildman–Crippen MR) is 202 cm³/mol. The molecule has 3 amide bonds. The van der Waals surface area contributed by atoms with E-state index in [9.17, 15) is 23.1 Å². The highest BCUT2D eigenvalue weighted by molar-refractivity contribution is 7.89. The van der Waals surface area contributed by atoms with Crippen LogP contribution >= 0.6 is 0 Å². The number of aliphatic hydroxyl groups excluding tert-OH is 1. The molecule has 2 saturated heterocycles. The minimum atomic E-state index is -4.19. The first kappa shape index (κ1) is 41.5. The van der Waals surface area contributed by atoms with Crippen LogP contribution in [0.1, 0.15) is 72.8 Å². The number of carbonyl (C=O) groups is 2. The van der Waals surface area contributed by atoms with Crippen molar-refractivity contribution in [1.29, 1.82) is 0 Å². The van der Waals surface area contributed by atoms with Crippen molar-refractivity contribution in [2.24, 2.45) is 11.3 Å². The lowest BCUT2D eigenvalue weighted by molar-refractivity contribution is -0.0907. The molecule has 3 N–H and O–H groups in total. The number of hydrogen-bond donors (Lipinski definition) is 3. The highest BCUT2D eigenvalue weighted by atomic mass is 32.2. The summed E-state index contributed by atoms with van der Waals surface area (Å²) < 4.78 is 58.0. The van der Waals surface area contributed by atoms with E-state index in [0.29, 0.717) is 43.9 Å². The number of urea groups is 1. The lowest BCUT2D eigenvalue weighted by Gasteiger charge is -2.35. The molecule has 0 aliphatic carbocycles. The molecule has 0 bridgehead atoms. The van der Waals surface area contributed by atoms with Crippen molar-refractivity contribution in [3.8, 4) is 11.5 Å². The van der Waals surface area contributed by atoms with Crippen LogP contribution < -0.4 is 20.1 Å². The van der Waals surface area contributed by atoms with Crippen molar-refractivity contribution in [2.45, 2.75) is 115 Å². The Labute approximate surface area is 319 Å². The Morgan fingerprint density at radius 2 is 1.72 bits per heavy atom. The summed E-state index contributed by atoms with van der Waals surface area (Å²) in [6, 6.07) is 13.0. The van der Waals surface area contributed by atoms with E-state index >= 15 is 0 Å². The minimum Gasteiger partial charge on any atom is -0.454 e. The maximum Gasteiger partial charge on any atom is 0.407 e. The molecule has 300 valence electrons. The third kappa shape index (κ3) is 10.8. The zero-order valence-electron chi connectivity index (χ0n) is 32.4. The van der Waals surface area contributed by atoms with Gasteiger partial charge in [-0.1, -0.05) is 50.6 Å². The van der Waals surface area contributed by atoms with Gasteiger partial charge in [-0.2, -0.15) is 4.31 Å². The van der Waals surface area contributed by atoms with E-state index in [-0.39, 0.29) is 61.8 Å². The molecule has 5 rings (SSSR count). The normalized spacial score (nSPS) is 20.6. The second-order valence-corrected chi connectivity index (χ2v) is 17.7. The number of unbranched alkanes of at least 4 members (excludes halogenated alkanes) is 1. The zero-order chi connectivity index (χ0) is 39.0. The van der Waals surface area contributed by atoms with Crippen LogP contribution in [0, 0.1) is 11.3 Å². The number of carbonyl (C=O) groups excluding carboxylic acids is 2. The van der Waals surface area contributed by atoms with Crippen LogP contribution in [-0.4, -0.2) is 111 Å². The molecule has 0 unspecified atom stereocenters. The average Bonchev–Trinajstić information content (AvgIpc) is 3.86. The van der Waals surface area contributed by atoms with Gasteiger partial charge in [0.15, 0.2) is 17.8 Å². The van der Waals surface area contributed by atoms with Crippen LogP contribution in [0.4, 0.5) is 9.59 Å². The fourth-order valence-corrected chi connectivity index (χ4v) is 9.09. The van der Waals surface area contributed by atoms with Gasteiger partial charge >= 0.3 is 12.1 Å². The Morgan fingerprint density at radius 1 is 1.00 bits per heavy atom. The van der Waals surface area contributed by atoms with Crippen molar-refractivity contribution in [1.82, 2.24) is 19.8 Å². The van der Waals surface area contributed by atoms with Gasteiger partial charge in [0.1, 0.15) is 6.10 Å². The summed E-state index contributed by atoms with van der Waals surface area (Å²) in [5, 5.41) is 17.7. The van der Waals surface area contributed by atoms with Gasteiger partial charge in [0.25, 0.3) is 0 Å². The molecule has 2 aromatic rings. The van der Waals surface area contributed by atoms with Gasteiger partial charge in [0.2, 0.25) is 16.8 Å².